The van der Waals surface area contributed by atoms with E-state index in [2.05, 4.69) is 5.32 Å². The molecule has 146 valence electrons. The molecule has 0 fully saturated rings. The third-order valence-electron chi connectivity index (χ3n) is 4.54. The van der Waals surface area contributed by atoms with E-state index in [0.29, 0.717) is 5.75 Å². The van der Waals surface area contributed by atoms with Crippen molar-refractivity contribution in [2.45, 2.75) is 31.7 Å². The topological polar surface area (TPSA) is 75.7 Å². The van der Waals surface area contributed by atoms with Gasteiger partial charge in [-0.25, -0.2) is 8.42 Å². The van der Waals surface area contributed by atoms with Gasteiger partial charge in [-0.1, -0.05) is 18.2 Å². The Kier molecular flexibility index (Phi) is 6.62. The van der Waals surface area contributed by atoms with Crippen molar-refractivity contribution in [2.75, 3.05) is 20.7 Å². The molecule has 0 heterocycles. The standard InChI is InChI=1S/C20H26N2O4S/c1-14-6-7-17(12-15(14)2)16(3)21-20(23)13-22(4)27(24,25)19-10-8-18(26-5)9-11-19/h6-12,16H,13H2,1-5H3,(H,21,23)/t16-/m1/s1. The molecule has 2 aromatic rings. The van der Waals surface area contributed by atoms with Gasteiger partial charge in [0.1, 0.15) is 5.75 Å². The van der Waals surface area contributed by atoms with Crippen LogP contribution in [-0.2, 0) is 14.8 Å². The van der Waals surface area contributed by atoms with Gasteiger partial charge in [-0.3, -0.25) is 4.79 Å². The molecule has 0 saturated carbocycles. The van der Waals surface area contributed by atoms with Gasteiger partial charge < -0.3 is 10.1 Å². The van der Waals surface area contributed by atoms with Crippen LogP contribution in [0.15, 0.2) is 47.4 Å². The van der Waals surface area contributed by atoms with Crippen molar-refractivity contribution in [3.05, 3.63) is 59.2 Å². The SMILES string of the molecule is COc1ccc(S(=O)(=O)N(C)CC(=O)N[C@H](C)c2ccc(C)c(C)c2)cc1. The molecule has 0 saturated heterocycles. The predicted octanol–water partition coefficient (Wildman–Crippen LogP) is 2.81. The van der Waals surface area contributed by atoms with E-state index < -0.39 is 10.0 Å². The molecule has 6 nitrogen and oxygen atoms in total. The highest BCUT2D eigenvalue weighted by atomic mass is 32.2. The molecule has 0 bridgehead atoms. The lowest BCUT2D eigenvalue weighted by Crippen LogP contribution is -2.39. The minimum atomic E-state index is -3.75. The summed E-state index contributed by atoms with van der Waals surface area (Å²) in [4.78, 5) is 12.4. The number of carbonyl (C=O) groups is 1. The molecule has 0 aliphatic carbocycles. The number of methoxy groups -OCH3 is 1. The number of hydrogen-bond donors (Lipinski definition) is 1. The van der Waals surface area contributed by atoms with Crippen LogP contribution in [0, 0.1) is 13.8 Å². The summed E-state index contributed by atoms with van der Waals surface area (Å²) in [6.45, 7) is 5.66. The zero-order chi connectivity index (χ0) is 20.2. The number of benzene rings is 2. The highest BCUT2D eigenvalue weighted by Gasteiger charge is 2.23. The van der Waals surface area contributed by atoms with E-state index in [4.69, 9.17) is 4.74 Å². The summed E-state index contributed by atoms with van der Waals surface area (Å²) in [5.74, 6) is 0.205. The first-order valence-corrected chi connectivity index (χ1v) is 10.1. The lowest BCUT2D eigenvalue weighted by Gasteiger charge is -2.20. The number of nitrogens with zero attached hydrogens (tertiary/aromatic N) is 1. The number of sulfonamides is 1. The number of hydrogen-bond acceptors (Lipinski definition) is 4. The van der Waals surface area contributed by atoms with Crippen LogP contribution in [0.3, 0.4) is 0 Å². The van der Waals surface area contributed by atoms with Crippen LogP contribution < -0.4 is 10.1 Å². The van der Waals surface area contributed by atoms with Crippen LogP contribution in [0.1, 0.15) is 29.7 Å². The lowest BCUT2D eigenvalue weighted by molar-refractivity contribution is -0.121. The summed E-state index contributed by atoms with van der Waals surface area (Å²) in [5, 5.41) is 2.85. The molecule has 1 atom stereocenters. The van der Waals surface area contributed by atoms with Crippen molar-refractivity contribution in [3.63, 3.8) is 0 Å². The van der Waals surface area contributed by atoms with Gasteiger partial charge in [0, 0.05) is 7.05 Å². The van der Waals surface area contributed by atoms with Gasteiger partial charge in [-0.05, 0) is 61.7 Å². The Labute approximate surface area is 161 Å². The summed E-state index contributed by atoms with van der Waals surface area (Å²) < 4.78 is 31.3. The summed E-state index contributed by atoms with van der Waals surface area (Å²) in [6, 6.07) is 11.8. The first-order valence-electron chi connectivity index (χ1n) is 8.62. The van der Waals surface area contributed by atoms with Crippen LogP contribution in [-0.4, -0.2) is 39.3 Å². The summed E-state index contributed by atoms with van der Waals surface area (Å²) >= 11 is 0. The Hall–Kier alpha value is -2.38. The number of aryl methyl sites for hydroxylation is 2. The Morgan fingerprint density at radius 2 is 1.74 bits per heavy atom. The zero-order valence-corrected chi connectivity index (χ0v) is 17.1. The monoisotopic (exact) mass is 390 g/mol. The minimum Gasteiger partial charge on any atom is -0.497 e. The molecule has 0 unspecified atom stereocenters. The van der Waals surface area contributed by atoms with E-state index in [9.17, 15) is 13.2 Å². The van der Waals surface area contributed by atoms with E-state index in [1.807, 2.05) is 39.0 Å². The molecule has 27 heavy (non-hydrogen) atoms. The molecule has 0 radical (unpaired) electrons. The van der Waals surface area contributed by atoms with Gasteiger partial charge in [0.15, 0.2) is 0 Å². The summed E-state index contributed by atoms with van der Waals surface area (Å²) in [7, 11) is -0.856. The molecule has 0 spiro atoms. The summed E-state index contributed by atoms with van der Waals surface area (Å²) in [5.41, 5.74) is 3.31. The van der Waals surface area contributed by atoms with Crippen molar-refractivity contribution in [1.82, 2.24) is 9.62 Å². The second kappa shape index (κ2) is 8.54. The maximum atomic E-state index is 12.6. The number of likely N-dealkylation sites (N-methyl/N-ethyl adjacent to an activating group) is 1. The van der Waals surface area contributed by atoms with Gasteiger partial charge in [0.05, 0.1) is 24.6 Å². The van der Waals surface area contributed by atoms with Gasteiger partial charge in [0.2, 0.25) is 15.9 Å². The minimum absolute atomic E-state index is 0.112. The number of carbonyl (C=O) groups excluding carboxylic acids is 1. The average Bonchev–Trinajstić information content (AvgIpc) is 2.63. The van der Waals surface area contributed by atoms with Crippen molar-refractivity contribution >= 4 is 15.9 Å². The number of nitrogens with one attached hydrogen (secondary N) is 1. The van der Waals surface area contributed by atoms with Crippen LogP contribution >= 0.6 is 0 Å². The molecule has 2 aromatic carbocycles. The third kappa shape index (κ3) is 5.08. The Bertz CT molecular complexity index is 908. The van der Waals surface area contributed by atoms with E-state index in [-0.39, 0.29) is 23.4 Å². The fourth-order valence-electron chi connectivity index (χ4n) is 2.62. The normalized spacial score (nSPS) is 12.7. The maximum absolute atomic E-state index is 12.6. The number of rotatable bonds is 7. The van der Waals surface area contributed by atoms with Gasteiger partial charge in [0.25, 0.3) is 0 Å². The molecule has 2 rings (SSSR count). The fourth-order valence-corrected chi connectivity index (χ4v) is 3.75. The third-order valence-corrected chi connectivity index (χ3v) is 6.36. The Balaban J connectivity index is 2.03. The molecule has 0 aliphatic heterocycles. The Morgan fingerprint density at radius 1 is 1.11 bits per heavy atom. The molecule has 0 aliphatic rings. The maximum Gasteiger partial charge on any atom is 0.243 e. The fraction of sp³-hybridized carbons (Fsp3) is 0.350. The highest BCUT2D eigenvalue weighted by Crippen LogP contribution is 2.19. The van der Waals surface area contributed by atoms with Gasteiger partial charge in [-0.2, -0.15) is 4.31 Å². The van der Waals surface area contributed by atoms with Crippen molar-refractivity contribution in [1.29, 1.82) is 0 Å². The van der Waals surface area contributed by atoms with Crippen LogP contribution in [0.25, 0.3) is 0 Å². The first-order chi connectivity index (χ1) is 12.6. The second-order valence-corrected chi connectivity index (χ2v) is 8.61. The quantitative estimate of drug-likeness (QED) is 0.789. The van der Waals surface area contributed by atoms with Crippen LogP contribution in [0.4, 0.5) is 0 Å². The molecular weight excluding hydrogens is 364 g/mol. The molecule has 7 heteroatoms. The average molecular weight is 391 g/mol. The highest BCUT2D eigenvalue weighted by molar-refractivity contribution is 7.89. The van der Waals surface area contributed by atoms with E-state index in [0.717, 1.165) is 15.4 Å². The van der Waals surface area contributed by atoms with E-state index in [1.54, 1.807) is 12.1 Å². The van der Waals surface area contributed by atoms with Crippen molar-refractivity contribution in [2.24, 2.45) is 0 Å². The van der Waals surface area contributed by atoms with Crippen LogP contribution in [0.2, 0.25) is 0 Å². The predicted molar refractivity (Wildman–Crippen MR) is 105 cm³/mol. The summed E-state index contributed by atoms with van der Waals surface area (Å²) in [6.07, 6.45) is 0. The van der Waals surface area contributed by atoms with Crippen molar-refractivity contribution in [3.8, 4) is 5.75 Å². The number of ether oxygens (including phenoxy) is 1. The van der Waals surface area contributed by atoms with E-state index in [1.165, 1.54) is 31.9 Å². The number of amides is 1. The molecule has 0 aromatic heterocycles. The zero-order valence-electron chi connectivity index (χ0n) is 16.3. The van der Waals surface area contributed by atoms with Gasteiger partial charge in [-0.15, -0.1) is 0 Å². The molecule has 1 amide bonds. The molecular formula is C20H26N2O4S. The Morgan fingerprint density at radius 3 is 2.30 bits per heavy atom. The second-order valence-electron chi connectivity index (χ2n) is 6.57. The largest absolute Gasteiger partial charge is 0.497 e. The van der Waals surface area contributed by atoms with Crippen molar-refractivity contribution < 1.29 is 17.9 Å². The smallest absolute Gasteiger partial charge is 0.243 e. The van der Waals surface area contributed by atoms with E-state index >= 15 is 0 Å². The first kappa shape index (κ1) is 20.9. The van der Waals surface area contributed by atoms with Crippen LogP contribution in [0.5, 0.6) is 5.75 Å². The molecule has 1 N–H and O–H groups in total. The van der Waals surface area contributed by atoms with Gasteiger partial charge >= 0.3 is 0 Å². The lowest BCUT2D eigenvalue weighted by atomic mass is 10.0.